The van der Waals surface area contributed by atoms with Crippen LogP contribution in [0.4, 0.5) is 0 Å². The van der Waals surface area contributed by atoms with Crippen molar-refractivity contribution >= 4 is 11.0 Å². The summed E-state index contributed by atoms with van der Waals surface area (Å²) in [5.74, 6) is 0.238. The van der Waals surface area contributed by atoms with Gasteiger partial charge < -0.3 is 0 Å². The quantitative estimate of drug-likeness (QED) is 0.508. The number of pyridine rings is 1. The highest BCUT2D eigenvalue weighted by molar-refractivity contribution is 5.79. The normalized spacial score (nSPS) is 10.7. The maximum Gasteiger partial charge on any atom is 0.226 e. The number of nitro groups is 1. The summed E-state index contributed by atoms with van der Waals surface area (Å²) in [6.07, 6.45) is 1.58. The molecule has 0 spiro atoms. The lowest BCUT2D eigenvalue weighted by atomic mass is 10.3. The molecule has 0 saturated heterocycles. The summed E-state index contributed by atoms with van der Waals surface area (Å²) in [6.45, 7) is 0. The summed E-state index contributed by atoms with van der Waals surface area (Å²) in [5, 5.41) is 10.7. The van der Waals surface area contributed by atoms with Gasteiger partial charge in [0.05, 0.1) is 5.52 Å². The van der Waals surface area contributed by atoms with Crippen LogP contribution in [0.25, 0.3) is 22.6 Å². The maximum absolute atomic E-state index is 11.2. The highest BCUT2D eigenvalue weighted by Gasteiger charge is 2.20. The minimum atomic E-state index is -0.487. The standard InChI is InChI=1S/C12H8N4O2/c17-16(18)15-11-7-2-1-5-9(11)14-12(15)10-6-3-4-8-13-10/h1-8H. The fraction of sp³-hybridized carbons (Fsp3) is 0. The predicted octanol–water partition coefficient (Wildman–Crippen LogP) is 2.14. The number of nitrogens with zero attached hydrogens (tertiary/aromatic N) is 4. The minimum absolute atomic E-state index is 0.238. The zero-order valence-corrected chi connectivity index (χ0v) is 9.22. The van der Waals surface area contributed by atoms with Crippen LogP contribution in [0.2, 0.25) is 0 Å². The Balaban J connectivity index is 2.36. The van der Waals surface area contributed by atoms with Crippen LogP contribution >= 0.6 is 0 Å². The molecule has 1 aromatic carbocycles. The number of aromatic nitrogens is 3. The van der Waals surface area contributed by atoms with Gasteiger partial charge in [0.25, 0.3) is 0 Å². The molecule has 0 radical (unpaired) electrons. The lowest BCUT2D eigenvalue weighted by Gasteiger charge is -1.98. The molecule has 2 heterocycles. The van der Waals surface area contributed by atoms with Crippen LogP contribution in [0, 0.1) is 10.1 Å². The highest BCUT2D eigenvalue weighted by atomic mass is 16.7. The zero-order chi connectivity index (χ0) is 12.5. The second-order valence-electron chi connectivity index (χ2n) is 3.69. The summed E-state index contributed by atoms with van der Waals surface area (Å²) < 4.78 is 0.956. The molecule has 88 valence electrons. The summed E-state index contributed by atoms with van der Waals surface area (Å²) in [7, 11) is 0. The molecule has 0 unspecified atom stereocenters. The lowest BCUT2D eigenvalue weighted by molar-refractivity contribution is -0.536. The van der Waals surface area contributed by atoms with Gasteiger partial charge in [-0.15, -0.1) is 0 Å². The first-order valence-electron chi connectivity index (χ1n) is 5.31. The van der Waals surface area contributed by atoms with E-state index in [1.54, 1.807) is 48.7 Å². The van der Waals surface area contributed by atoms with E-state index in [9.17, 15) is 10.1 Å². The minimum Gasteiger partial charge on any atom is -0.253 e. The van der Waals surface area contributed by atoms with E-state index in [-0.39, 0.29) is 5.82 Å². The Bertz CT molecular complexity index is 721. The second-order valence-corrected chi connectivity index (χ2v) is 3.69. The monoisotopic (exact) mass is 240 g/mol. The number of imidazole rings is 1. The van der Waals surface area contributed by atoms with E-state index < -0.39 is 5.03 Å². The maximum atomic E-state index is 11.2. The van der Waals surface area contributed by atoms with Crippen LogP contribution in [-0.2, 0) is 0 Å². The van der Waals surface area contributed by atoms with Gasteiger partial charge in [-0.2, -0.15) is 0 Å². The Kier molecular flexibility index (Phi) is 2.26. The Morgan fingerprint density at radius 2 is 1.89 bits per heavy atom. The third kappa shape index (κ3) is 1.51. The van der Waals surface area contributed by atoms with Crippen LogP contribution in [0.15, 0.2) is 48.7 Å². The molecule has 2 aromatic heterocycles. The van der Waals surface area contributed by atoms with Gasteiger partial charge in [0.15, 0.2) is 5.03 Å². The topological polar surface area (TPSA) is 73.8 Å². The van der Waals surface area contributed by atoms with Gasteiger partial charge in [-0.1, -0.05) is 18.2 Å². The van der Waals surface area contributed by atoms with Crippen molar-refractivity contribution in [1.29, 1.82) is 0 Å². The van der Waals surface area contributed by atoms with E-state index in [0.29, 0.717) is 16.7 Å². The molecule has 3 aromatic rings. The molecule has 6 heteroatoms. The third-order valence-corrected chi connectivity index (χ3v) is 2.59. The molecule has 0 atom stereocenters. The lowest BCUT2D eigenvalue weighted by Crippen LogP contribution is -2.10. The molecular weight excluding hydrogens is 232 g/mol. The summed E-state index contributed by atoms with van der Waals surface area (Å²) >= 11 is 0. The molecule has 0 amide bonds. The first-order valence-corrected chi connectivity index (χ1v) is 5.31. The number of benzene rings is 1. The first kappa shape index (κ1) is 10.4. The van der Waals surface area contributed by atoms with E-state index in [0.717, 1.165) is 4.68 Å². The van der Waals surface area contributed by atoms with E-state index in [4.69, 9.17) is 0 Å². The van der Waals surface area contributed by atoms with Crippen molar-refractivity contribution in [3.05, 3.63) is 58.8 Å². The fourth-order valence-electron chi connectivity index (χ4n) is 1.84. The molecule has 3 rings (SSSR count). The van der Waals surface area contributed by atoms with Gasteiger partial charge in [0, 0.05) is 6.20 Å². The highest BCUT2D eigenvalue weighted by Crippen LogP contribution is 2.22. The van der Waals surface area contributed by atoms with E-state index >= 15 is 0 Å². The van der Waals surface area contributed by atoms with Crippen LogP contribution in [0.3, 0.4) is 0 Å². The molecule has 0 aliphatic carbocycles. The number of hydrogen-bond acceptors (Lipinski definition) is 4. The molecular formula is C12H8N4O2. The van der Waals surface area contributed by atoms with Crippen molar-refractivity contribution in [2.45, 2.75) is 0 Å². The van der Waals surface area contributed by atoms with Crippen LogP contribution in [0.5, 0.6) is 0 Å². The van der Waals surface area contributed by atoms with Crippen molar-refractivity contribution < 1.29 is 5.03 Å². The molecule has 0 saturated carbocycles. The van der Waals surface area contributed by atoms with Gasteiger partial charge in [0.2, 0.25) is 5.82 Å². The number of rotatable bonds is 2. The Morgan fingerprint density at radius 1 is 1.11 bits per heavy atom. The van der Waals surface area contributed by atoms with E-state index in [1.807, 2.05) is 0 Å². The van der Waals surface area contributed by atoms with Crippen LogP contribution in [-0.4, -0.2) is 19.7 Å². The zero-order valence-electron chi connectivity index (χ0n) is 9.22. The molecule has 18 heavy (non-hydrogen) atoms. The first-order chi connectivity index (χ1) is 8.77. The van der Waals surface area contributed by atoms with Crippen LogP contribution < -0.4 is 0 Å². The van der Waals surface area contributed by atoms with Gasteiger partial charge in [0.1, 0.15) is 11.2 Å². The SMILES string of the molecule is O=[N+]([O-])n1c(-c2ccccn2)nc2ccccc21. The molecule has 0 fully saturated rings. The van der Waals surface area contributed by atoms with Crippen molar-refractivity contribution in [3.8, 4) is 11.5 Å². The molecule has 0 N–H and O–H groups in total. The Hall–Kier alpha value is -2.76. The number of para-hydroxylation sites is 2. The van der Waals surface area contributed by atoms with Crippen molar-refractivity contribution in [2.24, 2.45) is 0 Å². The number of hydrogen-bond donors (Lipinski definition) is 0. The fourth-order valence-corrected chi connectivity index (χ4v) is 1.84. The summed E-state index contributed by atoms with van der Waals surface area (Å²) in [5.41, 5.74) is 1.52. The smallest absolute Gasteiger partial charge is 0.226 e. The van der Waals surface area contributed by atoms with E-state index in [2.05, 4.69) is 9.97 Å². The summed E-state index contributed by atoms with van der Waals surface area (Å²) in [6, 6.07) is 12.2. The van der Waals surface area contributed by atoms with Crippen LogP contribution in [0.1, 0.15) is 0 Å². The Morgan fingerprint density at radius 3 is 2.61 bits per heavy atom. The second kappa shape index (κ2) is 3.92. The van der Waals surface area contributed by atoms with Gasteiger partial charge >= 0.3 is 0 Å². The van der Waals surface area contributed by atoms with Crippen molar-refractivity contribution in [1.82, 2.24) is 14.6 Å². The Labute approximate surface area is 102 Å². The predicted molar refractivity (Wildman–Crippen MR) is 65.4 cm³/mol. The summed E-state index contributed by atoms with van der Waals surface area (Å²) in [4.78, 5) is 19.5. The average molecular weight is 240 g/mol. The largest absolute Gasteiger partial charge is 0.253 e. The molecule has 6 nitrogen and oxygen atoms in total. The van der Waals surface area contributed by atoms with Gasteiger partial charge in [-0.05, 0) is 28.9 Å². The van der Waals surface area contributed by atoms with Gasteiger partial charge in [-0.3, -0.25) is 4.98 Å². The number of fused-ring (bicyclic) bond motifs is 1. The molecule has 0 aliphatic rings. The molecule has 0 bridgehead atoms. The van der Waals surface area contributed by atoms with Crippen molar-refractivity contribution in [3.63, 3.8) is 0 Å². The third-order valence-electron chi connectivity index (χ3n) is 2.59. The van der Waals surface area contributed by atoms with E-state index in [1.165, 1.54) is 0 Å². The average Bonchev–Trinajstić information content (AvgIpc) is 2.79. The van der Waals surface area contributed by atoms with Gasteiger partial charge in [-0.25, -0.2) is 15.1 Å². The van der Waals surface area contributed by atoms with Crippen molar-refractivity contribution in [2.75, 3.05) is 0 Å². The molecule has 0 aliphatic heterocycles.